The van der Waals surface area contributed by atoms with Crippen LogP contribution in [0.25, 0.3) is 0 Å². The quantitative estimate of drug-likeness (QED) is 0.595. The fraction of sp³-hybridized carbons (Fsp3) is 0.190. The second-order valence-corrected chi connectivity index (χ2v) is 6.07. The molecule has 3 rings (SSSR count). The van der Waals surface area contributed by atoms with Crippen molar-refractivity contribution >= 4 is 17.7 Å². The number of hydrogen-bond acceptors (Lipinski definition) is 3. The number of carbonyl (C=O) groups excluding carboxylic acids is 3. The first kappa shape index (κ1) is 17.6. The lowest BCUT2D eigenvalue weighted by atomic mass is 10.0. The van der Waals surface area contributed by atoms with Crippen LogP contribution in [0.3, 0.4) is 0 Å². The van der Waals surface area contributed by atoms with Gasteiger partial charge < -0.3 is 4.90 Å². The van der Waals surface area contributed by atoms with Crippen molar-refractivity contribution in [3.8, 4) is 0 Å². The van der Waals surface area contributed by atoms with Crippen LogP contribution in [0.1, 0.15) is 43.6 Å². The predicted molar refractivity (Wildman–Crippen MR) is 98.9 cm³/mol. The second-order valence-electron chi connectivity index (χ2n) is 6.07. The molecule has 0 atom stereocenters. The number of rotatable bonds is 6. The van der Waals surface area contributed by atoms with Gasteiger partial charge in [-0.25, -0.2) is 0 Å². The Bertz CT molecular complexity index is 874. The maximum Gasteiger partial charge on any atom is 0.261 e. The molecule has 0 aromatic heterocycles. The van der Waals surface area contributed by atoms with Gasteiger partial charge in [-0.05, 0) is 30.7 Å². The van der Waals surface area contributed by atoms with E-state index in [0.29, 0.717) is 24.2 Å². The van der Waals surface area contributed by atoms with Gasteiger partial charge in [-0.2, -0.15) is 0 Å². The normalized spacial score (nSPS) is 12.9. The summed E-state index contributed by atoms with van der Waals surface area (Å²) in [5.74, 6) is -0.896. The van der Waals surface area contributed by atoms with E-state index in [1.165, 1.54) is 12.1 Å². The molecule has 5 nitrogen and oxygen atoms in total. The van der Waals surface area contributed by atoms with E-state index in [0.717, 1.165) is 10.5 Å². The maximum absolute atomic E-state index is 12.9. The standard InChI is InChI=1S/C21H20N2O3/c1-3-12-23-20(25)17-11-10-16(13-18(17)21(23)26)19(24)22(4-2)14-15-8-6-5-7-9-15/h3,5-11,13H,1,4,12,14H2,2H3. The average molecular weight is 348 g/mol. The lowest BCUT2D eigenvalue weighted by Crippen LogP contribution is -2.30. The summed E-state index contributed by atoms with van der Waals surface area (Å²) in [7, 11) is 0. The van der Waals surface area contributed by atoms with Crippen LogP contribution in [0.2, 0.25) is 0 Å². The Morgan fingerprint density at radius 1 is 1.08 bits per heavy atom. The van der Waals surface area contributed by atoms with Gasteiger partial charge in [-0.3, -0.25) is 19.3 Å². The van der Waals surface area contributed by atoms with E-state index < -0.39 is 0 Å². The Labute approximate surface area is 152 Å². The van der Waals surface area contributed by atoms with Gasteiger partial charge in [0, 0.05) is 25.2 Å². The smallest absolute Gasteiger partial charge is 0.261 e. The Balaban J connectivity index is 1.86. The third-order valence-corrected chi connectivity index (χ3v) is 4.41. The molecule has 0 spiro atoms. The van der Waals surface area contributed by atoms with Crippen LogP contribution < -0.4 is 0 Å². The van der Waals surface area contributed by atoms with Gasteiger partial charge in [0.2, 0.25) is 0 Å². The van der Waals surface area contributed by atoms with E-state index in [2.05, 4.69) is 6.58 Å². The van der Waals surface area contributed by atoms with Crippen molar-refractivity contribution in [1.82, 2.24) is 9.80 Å². The zero-order chi connectivity index (χ0) is 18.7. The Morgan fingerprint density at radius 2 is 1.77 bits per heavy atom. The fourth-order valence-electron chi connectivity index (χ4n) is 3.03. The first-order chi connectivity index (χ1) is 12.6. The summed E-state index contributed by atoms with van der Waals surface area (Å²) in [6, 6.07) is 14.4. The highest BCUT2D eigenvalue weighted by Gasteiger charge is 2.35. The summed E-state index contributed by atoms with van der Waals surface area (Å²) < 4.78 is 0. The zero-order valence-electron chi connectivity index (χ0n) is 14.6. The van der Waals surface area contributed by atoms with Crippen LogP contribution in [0.15, 0.2) is 61.2 Å². The monoisotopic (exact) mass is 348 g/mol. The van der Waals surface area contributed by atoms with Crippen molar-refractivity contribution in [3.63, 3.8) is 0 Å². The molecule has 5 heteroatoms. The van der Waals surface area contributed by atoms with Crippen molar-refractivity contribution in [2.24, 2.45) is 0 Å². The molecule has 0 aliphatic carbocycles. The van der Waals surface area contributed by atoms with Crippen molar-refractivity contribution < 1.29 is 14.4 Å². The highest BCUT2D eigenvalue weighted by molar-refractivity contribution is 6.22. The largest absolute Gasteiger partial charge is 0.335 e. The molecule has 0 bridgehead atoms. The number of carbonyl (C=O) groups is 3. The summed E-state index contributed by atoms with van der Waals surface area (Å²) >= 11 is 0. The SMILES string of the molecule is C=CCN1C(=O)c2ccc(C(=O)N(CC)Cc3ccccc3)cc2C1=O. The lowest BCUT2D eigenvalue weighted by molar-refractivity contribution is 0.0671. The molecule has 132 valence electrons. The van der Waals surface area contributed by atoms with E-state index in [4.69, 9.17) is 0 Å². The van der Waals surface area contributed by atoms with Crippen LogP contribution in [-0.2, 0) is 6.54 Å². The van der Waals surface area contributed by atoms with Crippen molar-refractivity contribution in [1.29, 1.82) is 0 Å². The first-order valence-corrected chi connectivity index (χ1v) is 8.51. The number of nitrogens with zero attached hydrogens (tertiary/aromatic N) is 2. The summed E-state index contributed by atoms with van der Waals surface area (Å²) in [6.45, 7) is 6.67. The minimum absolute atomic E-state index is 0.157. The third-order valence-electron chi connectivity index (χ3n) is 4.41. The highest BCUT2D eigenvalue weighted by atomic mass is 16.2. The average Bonchev–Trinajstić information content (AvgIpc) is 2.91. The topological polar surface area (TPSA) is 57.7 Å². The zero-order valence-corrected chi connectivity index (χ0v) is 14.6. The number of imide groups is 1. The van der Waals surface area contributed by atoms with E-state index in [-0.39, 0.29) is 29.8 Å². The number of benzene rings is 2. The molecular weight excluding hydrogens is 328 g/mol. The van der Waals surface area contributed by atoms with Gasteiger partial charge >= 0.3 is 0 Å². The van der Waals surface area contributed by atoms with Gasteiger partial charge in [-0.1, -0.05) is 36.4 Å². The third kappa shape index (κ3) is 3.16. The van der Waals surface area contributed by atoms with Crippen LogP contribution >= 0.6 is 0 Å². The Morgan fingerprint density at radius 3 is 2.42 bits per heavy atom. The van der Waals surface area contributed by atoms with Gasteiger partial charge in [0.05, 0.1) is 11.1 Å². The van der Waals surface area contributed by atoms with Crippen molar-refractivity contribution in [2.75, 3.05) is 13.1 Å². The molecule has 0 saturated heterocycles. The van der Waals surface area contributed by atoms with E-state index in [1.54, 1.807) is 17.0 Å². The summed E-state index contributed by atoms with van der Waals surface area (Å²) in [4.78, 5) is 40.4. The molecule has 1 heterocycles. The van der Waals surface area contributed by atoms with Gasteiger partial charge in [-0.15, -0.1) is 6.58 Å². The second kappa shape index (κ2) is 7.35. The molecule has 0 radical (unpaired) electrons. The van der Waals surface area contributed by atoms with E-state index in [1.807, 2.05) is 37.3 Å². The maximum atomic E-state index is 12.9. The molecule has 3 amide bonds. The molecule has 0 saturated carbocycles. The number of hydrogen-bond donors (Lipinski definition) is 0. The molecule has 0 fully saturated rings. The van der Waals surface area contributed by atoms with Gasteiger partial charge in [0.25, 0.3) is 17.7 Å². The molecular formula is C21H20N2O3. The molecule has 26 heavy (non-hydrogen) atoms. The van der Waals surface area contributed by atoms with Crippen molar-refractivity contribution in [2.45, 2.75) is 13.5 Å². The molecule has 1 aliphatic rings. The Kier molecular flexibility index (Phi) is 4.98. The van der Waals surface area contributed by atoms with E-state index in [9.17, 15) is 14.4 Å². The van der Waals surface area contributed by atoms with Gasteiger partial charge in [0.1, 0.15) is 0 Å². The molecule has 0 N–H and O–H groups in total. The predicted octanol–water partition coefficient (Wildman–Crippen LogP) is 3.13. The summed E-state index contributed by atoms with van der Waals surface area (Å²) in [5, 5.41) is 0. The minimum Gasteiger partial charge on any atom is -0.335 e. The molecule has 0 unspecified atom stereocenters. The van der Waals surface area contributed by atoms with Crippen LogP contribution in [0.5, 0.6) is 0 Å². The van der Waals surface area contributed by atoms with Gasteiger partial charge in [0.15, 0.2) is 0 Å². The van der Waals surface area contributed by atoms with Crippen molar-refractivity contribution in [3.05, 3.63) is 83.4 Å². The molecule has 1 aliphatic heterocycles. The minimum atomic E-state index is -0.384. The lowest BCUT2D eigenvalue weighted by Gasteiger charge is -2.21. The van der Waals surface area contributed by atoms with Crippen LogP contribution in [0.4, 0.5) is 0 Å². The van der Waals surface area contributed by atoms with Crippen LogP contribution in [0, 0.1) is 0 Å². The fourth-order valence-corrected chi connectivity index (χ4v) is 3.03. The molecule has 2 aromatic rings. The highest BCUT2D eigenvalue weighted by Crippen LogP contribution is 2.24. The number of amides is 3. The summed E-state index contributed by atoms with van der Waals surface area (Å²) in [6.07, 6.45) is 1.51. The molecule has 2 aromatic carbocycles. The first-order valence-electron chi connectivity index (χ1n) is 8.51. The van der Waals surface area contributed by atoms with Crippen LogP contribution in [-0.4, -0.2) is 40.6 Å². The Hall–Kier alpha value is -3.21. The number of fused-ring (bicyclic) bond motifs is 1. The van der Waals surface area contributed by atoms with E-state index >= 15 is 0 Å². The summed E-state index contributed by atoms with van der Waals surface area (Å²) in [5.41, 5.74) is 2.05.